The summed E-state index contributed by atoms with van der Waals surface area (Å²) in [4.78, 5) is 14.2. The Morgan fingerprint density at radius 3 is 2.84 bits per heavy atom. The van der Waals surface area contributed by atoms with E-state index in [1.807, 2.05) is 0 Å². The number of nitrogens with zero attached hydrogens (tertiary/aromatic N) is 1. The topological polar surface area (TPSA) is 20.3 Å². The number of thioether (sulfide) groups is 1. The van der Waals surface area contributed by atoms with Crippen LogP contribution < -0.4 is 0 Å². The largest absolute Gasteiger partial charge is 0.289 e. The number of benzene rings is 1. The Morgan fingerprint density at radius 1 is 1.42 bits per heavy atom. The van der Waals surface area contributed by atoms with Crippen LogP contribution in [0.3, 0.4) is 0 Å². The van der Waals surface area contributed by atoms with Crippen molar-refractivity contribution in [2.24, 2.45) is 0 Å². The molecule has 0 bridgehead atoms. The Balaban J connectivity index is 2.35. The molecule has 19 heavy (non-hydrogen) atoms. The van der Waals surface area contributed by atoms with Crippen molar-refractivity contribution < 1.29 is 4.79 Å². The molecule has 1 aromatic rings. The highest BCUT2D eigenvalue weighted by Crippen LogP contribution is 2.35. The second kappa shape index (κ2) is 6.09. The minimum Gasteiger partial charge on any atom is -0.289 e. The molecular weight excluding hydrogens is 321 g/mol. The fraction of sp³-hybridized carbons (Fsp3) is 0.0769. The van der Waals surface area contributed by atoms with Crippen molar-refractivity contribution in [3.63, 3.8) is 0 Å². The molecule has 1 aromatic carbocycles. The van der Waals surface area contributed by atoms with Gasteiger partial charge in [0, 0.05) is 6.54 Å². The van der Waals surface area contributed by atoms with E-state index in [9.17, 15) is 4.79 Å². The zero-order valence-corrected chi connectivity index (χ0v) is 12.9. The number of hydrogen-bond donors (Lipinski definition) is 0. The molecule has 98 valence electrons. The number of thiocarbonyl (C=S) groups is 1. The molecule has 0 N–H and O–H groups in total. The van der Waals surface area contributed by atoms with E-state index >= 15 is 0 Å². The smallest absolute Gasteiger partial charge is 0.266 e. The molecule has 1 saturated heterocycles. The summed E-state index contributed by atoms with van der Waals surface area (Å²) in [6.07, 6.45) is 3.34. The van der Waals surface area contributed by atoms with Crippen LogP contribution in [0.5, 0.6) is 0 Å². The van der Waals surface area contributed by atoms with Crippen LogP contribution in [-0.4, -0.2) is 21.7 Å². The average Bonchev–Trinajstić information content (AvgIpc) is 2.63. The molecule has 0 unspecified atom stereocenters. The predicted octanol–water partition coefficient (Wildman–Crippen LogP) is 4.38. The van der Waals surface area contributed by atoms with Gasteiger partial charge in [-0.25, -0.2) is 0 Å². The van der Waals surface area contributed by atoms with Crippen molar-refractivity contribution in [2.75, 3.05) is 6.54 Å². The maximum atomic E-state index is 12.1. The van der Waals surface area contributed by atoms with Gasteiger partial charge in [0.05, 0.1) is 15.0 Å². The van der Waals surface area contributed by atoms with Gasteiger partial charge < -0.3 is 0 Å². The molecule has 0 spiro atoms. The van der Waals surface area contributed by atoms with Crippen molar-refractivity contribution >= 4 is 63.5 Å². The van der Waals surface area contributed by atoms with Gasteiger partial charge in [0.1, 0.15) is 4.32 Å². The van der Waals surface area contributed by atoms with Crippen molar-refractivity contribution in [3.8, 4) is 0 Å². The summed E-state index contributed by atoms with van der Waals surface area (Å²) in [6.45, 7) is 4.02. The Hall–Kier alpha value is -0.810. The number of amides is 1. The molecular formula is C13H9Cl2NOS2. The maximum absolute atomic E-state index is 12.1. The summed E-state index contributed by atoms with van der Waals surface area (Å²) in [5.41, 5.74) is 0.702. The third-order valence-corrected chi connectivity index (χ3v) is 4.66. The van der Waals surface area contributed by atoms with Crippen LogP contribution in [0.25, 0.3) is 6.08 Å². The molecule has 6 heteroatoms. The lowest BCUT2D eigenvalue weighted by molar-refractivity contribution is -0.121. The van der Waals surface area contributed by atoms with E-state index in [4.69, 9.17) is 35.4 Å². The summed E-state index contributed by atoms with van der Waals surface area (Å²) in [7, 11) is 0. The van der Waals surface area contributed by atoms with Crippen LogP contribution in [0.15, 0.2) is 35.8 Å². The monoisotopic (exact) mass is 329 g/mol. The van der Waals surface area contributed by atoms with Crippen molar-refractivity contribution in [1.82, 2.24) is 4.90 Å². The Morgan fingerprint density at radius 2 is 2.16 bits per heavy atom. The summed E-state index contributed by atoms with van der Waals surface area (Å²) in [5.74, 6) is -0.133. The molecule has 0 radical (unpaired) electrons. The van der Waals surface area contributed by atoms with Crippen LogP contribution in [0, 0.1) is 0 Å². The zero-order valence-electron chi connectivity index (χ0n) is 9.73. The molecule has 1 amide bonds. The number of hydrogen-bond acceptors (Lipinski definition) is 3. The molecule has 0 aromatic heterocycles. The molecule has 1 aliphatic heterocycles. The average molecular weight is 330 g/mol. The number of rotatable bonds is 3. The lowest BCUT2D eigenvalue weighted by Crippen LogP contribution is -2.27. The minimum atomic E-state index is -0.133. The number of halogens is 2. The van der Waals surface area contributed by atoms with Crippen LogP contribution in [0.2, 0.25) is 10.0 Å². The quantitative estimate of drug-likeness (QED) is 0.466. The van der Waals surface area contributed by atoms with E-state index in [1.54, 1.807) is 30.4 Å². The standard InChI is InChI=1S/C13H9Cl2NOS2/c1-2-6-16-12(17)10(19-13(16)18)7-8-4-3-5-9(14)11(8)15/h2-5,7H,1,6H2/b10-7+. The fourth-order valence-corrected chi connectivity index (χ4v) is 3.19. The van der Waals surface area contributed by atoms with Gasteiger partial charge in [0.15, 0.2) is 0 Å². The first-order chi connectivity index (χ1) is 9.04. The third-order valence-electron chi connectivity index (χ3n) is 2.45. The van der Waals surface area contributed by atoms with Gasteiger partial charge in [-0.05, 0) is 17.7 Å². The third kappa shape index (κ3) is 3.03. The molecule has 2 rings (SSSR count). The summed E-state index contributed by atoms with van der Waals surface area (Å²) < 4.78 is 0.523. The normalized spacial score (nSPS) is 17.4. The van der Waals surface area contributed by atoms with Crippen molar-refractivity contribution in [1.29, 1.82) is 0 Å². The molecule has 1 aliphatic rings. The first kappa shape index (κ1) is 14.6. The van der Waals surface area contributed by atoms with Crippen LogP contribution in [-0.2, 0) is 4.79 Å². The van der Waals surface area contributed by atoms with E-state index < -0.39 is 0 Å². The lowest BCUT2D eigenvalue weighted by atomic mass is 10.2. The van der Waals surface area contributed by atoms with E-state index in [0.717, 1.165) is 0 Å². The lowest BCUT2D eigenvalue weighted by Gasteiger charge is -2.10. The Kier molecular flexibility index (Phi) is 4.68. The second-order valence-corrected chi connectivity index (χ2v) is 6.18. The molecule has 1 fully saturated rings. The SMILES string of the molecule is C=CCN1C(=O)/C(=C\c2cccc(Cl)c2Cl)SC1=S. The second-order valence-electron chi connectivity index (χ2n) is 3.72. The number of carbonyl (C=O) groups excluding carboxylic acids is 1. The maximum Gasteiger partial charge on any atom is 0.266 e. The predicted molar refractivity (Wildman–Crippen MR) is 86.5 cm³/mol. The Bertz CT molecular complexity index is 598. The van der Waals surface area contributed by atoms with Gasteiger partial charge in [-0.3, -0.25) is 9.69 Å². The highest BCUT2D eigenvalue weighted by Gasteiger charge is 2.31. The molecule has 0 atom stereocenters. The van der Waals surface area contributed by atoms with E-state index in [1.165, 1.54) is 16.7 Å². The molecule has 0 saturated carbocycles. The van der Waals surface area contributed by atoms with Crippen molar-refractivity contribution in [3.05, 3.63) is 51.4 Å². The number of carbonyl (C=O) groups is 1. The molecule has 2 nitrogen and oxygen atoms in total. The fourth-order valence-electron chi connectivity index (χ4n) is 1.56. The van der Waals surface area contributed by atoms with Crippen molar-refractivity contribution in [2.45, 2.75) is 0 Å². The van der Waals surface area contributed by atoms with Gasteiger partial charge >= 0.3 is 0 Å². The van der Waals surface area contributed by atoms with Gasteiger partial charge in [0.2, 0.25) is 0 Å². The van der Waals surface area contributed by atoms with E-state index in [-0.39, 0.29) is 5.91 Å². The first-order valence-corrected chi connectivity index (χ1v) is 7.33. The van der Waals surface area contributed by atoms with Crippen LogP contribution in [0.1, 0.15) is 5.56 Å². The van der Waals surface area contributed by atoms with Gasteiger partial charge in [-0.15, -0.1) is 6.58 Å². The molecule has 1 heterocycles. The van der Waals surface area contributed by atoms with Crippen LogP contribution >= 0.6 is 47.2 Å². The minimum absolute atomic E-state index is 0.133. The first-order valence-electron chi connectivity index (χ1n) is 5.35. The van der Waals surface area contributed by atoms with Gasteiger partial charge in [-0.2, -0.15) is 0 Å². The summed E-state index contributed by atoms with van der Waals surface area (Å²) in [6, 6.07) is 5.28. The van der Waals surface area contributed by atoms with Crippen LogP contribution in [0.4, 0.5) is 0 Å². The summed E-state index contributed by atoms with van der Waals surface area (Å²) >= 11 is 18.4. The van der Waals surface area contributed by atoms with E-state index in [2.05, 4.69) is 6.58 Å². The summed E-state index contributed by atoms with van der Waals surface area (Å²) in [5, 5.41) is 0.884. The zero-order chi connectivity index (χ0) is 14.0. The molecule has 0 aliphatic carbocycles. The Labute approximate surface area is 131 Å². The highest BCUT2D eigenvalue weighted by atomic mass is 35.5. The van der Waals surface area contributed by atoms with Gasteiger partial charge in [-0.1, -0.05) is 65.4 Å². The highest BCUT2D eigenvalue weighted by molar-refractivity contribution is 8.26. The van der Waals surface area contributed by atoms with E-state index in [0.29, 0.717) is 31.4 Å². The van der Waals surface area contributed by atoms with Gasteiger partial charge in [0.25, 0.3) is 5.91 Å².